The van der Waals surface area contributed by atoms with Crippen LogP contribution in [-0.2, 0) is 33.5 Å². The second-order valence-corrected chi connectivity index (χ2v) is 12.5. The molecule has 240 valence electrons. The molecule has 0 saturated carbocycles. The van der Waals surface area contributed by atoms with Gasteiger partial charge in [-0.05, 0) is 43.4 Å². The molecular formula is C30H53N5O7. The summed E-state index contributed by atoms with van der Waals surface area (Å²) in [5.41, 5.74) is 0. The summed E-state index contributed by atoms with van der Waals surface area (Å²) in [6.07, 6.45) is 1.85. The van der Waals surface area contributed by atoms with Gasteiger partial charge in [-0.15, -0.1) is 0 Å². The molecule has 6 atom stereocenters. The highest BCUT2D eigenvalue weighted by molar-refractivity contribution is 5.95. The lowest BCUT2D eigenvalue weighted by molar-refractivity contribution is -0.158. The maximum absolute atomic E-state index is 13.3. The van der Waals surface area contributed by atoms with E-state index in [4.69, 9.17) is 4.74 Å². The first-order chi connectivity index (χ1) is 19.6. The molecule has 1 saturated heterocycles. The quantitative estimate of drug-likeness (QED) is 0.265. The Kier molecular flexibility index (Phi) is 15.5. The molecule has 0 aliphatic carbocycles. The third kappa shape index (κ3) is 12.4. The summed E-state index contributed by atoms with van der Waals surface area (Å²) in [6.45, 7) is 15.8. The van der Waals surface area contributed by atoms with E-state index in [9.17, 15) is 28.8 Å². The van der Waals surface area contributed by atoms with Crippen molar-refractivity contribution in [3.8, 4) is 0 Å². The minimum atomic E-state index is -1.02. The summed E-state index contributed by atoms with van der Waals surface area (Å²) in [7, 11) is 0. The summed E-state index contributed by atoms with van der Waals surface area (Å²) < 4.78 is 5.82. The number of unbranched alkanes of at least 4 members (excludes halogenated alkanes) is 1. The number of rotatable bonds is 8. The summed E-state index contributed by atoms with van der Waals surface area (Å²) >= 11 is 0. The van der Waals surface area contributed by atoms with Gasteiger partial charge in [-0.3, -0.25) is 24.0 Å². The van der Waals surface area contributed by atoms with Gasteiger partial charge in [0.2, 0.25) is 29.5 Å². The van der Waals surface area contributed by atoms with Crippen molar-refractivity contribution in [1.82, 2.24) is 26.6 Å². The molecule has 0 bridgehead atoms. The van der Waals surface area contributed by atoms with Crippen molar-refractivity contribution in [2.75, 3.05) is 6.54 Å². The Labute approximate surface area is 250 Å². The first kappa shape index (κ1) is 36.8. The zero-order valence-electron chi connectivity index (χ0n) is 26.8. The van der Waals surface area contributed by atoms with Crippen molar-refractivity contribution in [2.45, 2.75) is 125 Å². The molecule has 42 heavy (non-hydrogen) atoms. The molecule has 12 nitrogen and oxygen atoms in total. The van der Waals surface area contributed by atoms with Crippen molar-refractivity contribution in [2.24, 2.45) is 23.7 Å². The third-order valence-corrected chi connectivity index (χ3v) is 7.32. The van der Waals surface area contributed by atoms with E-state index >= 15 is 0 Å². The van der Waals surface area contributed by atoms with E-state index in [1.807, 2.05) is 27.7 Å². The van der Waals surface area contributed by atoms with Crippen LogP contribution in [0.25, 0.3) is 0 Å². The first-order valence-corrected chi connectivity index (χ1v) is 15.2. The number of hydrogen-bond acceptors (Lipinski definition) is 7. The van der Waals surface area contributed by atoms with Gasteiger partial charge in [-0.25, -0.2) is 4.79 Å². The number of esters is 1. The molecule has 1 aliphatic rings. The van der Waals surface area contributed by atoms with E-state index in [1.54, 1.807) is 27.7 Å². The van der Waals surface area contributed by atoms with Gasteiger partial charge in [0, 0.05) is 0 Å². The number of cyclic esters (lactones) is 1. The highest BCUT2D eigenvalue weighted by atomic mass is 16.5. The van der Waals surface area contributed by atoms with Crippen molar-refractivity contribution < 1.29 is 33.5 Å². The number of nitrogens with one attached hydrogen (secondary N) is 5. The van der Waals surface area contributed by atoms with Crippen LogP contribution in [0.3, 0.4) is 0 Å². The fourth-order valence-electron chi connectivity index (χ4n) is 4.61. The highest BCUT2D eigenvalue weighted by Crippen LogP contribution is 2.20. The van der Waals surface area contributed by atoms with Crippen LogP contribution in [0.5, 0.6) is 0 Å². The Morgan fingerprint density at radius 3 is 1.93 bits per heavy atom. The monoisotopic (exact) mass is 595 g/mol. The molecule has 0 aromatic rings. The third-order valence-electron chi connectivity index (χ3n) is 7.32. The lowest BCUT2D eigenvalue weighted by atomic mass is 9.95. The molecule has 1 aliphatic heterocycles. The molecule has 1 fully saturated rings. The van der Waals surface area contributed by atoms with Crippen LogP contribution in [-0.4, -0.2) is 72.3 Å². The number of carbonyl (C=O) groups excluding carboxylic acids is 6. The fourth-order valence-corrected chi connectivity index (χ4v) is 4.61. The number of ether oxygens (including phenoxy) is 1. The van der Waals surface area contributed by atoms with Gasteiger partial charge in [0.25, 0.3) is 0 Å². The van der Waals surface area contributed by atoms with E-state index < -0.39 is 65.8 Å². The van der Waals surface area contributed by atoms with E-state index in [1.165, 1.54) is 6.92 Å². The SMILES string of the molecule is CCCCC(C)C1CC(=O)NCC(=O)N[C@@H](C(C)C)C(=O)N[C@H](CC(C)C)C(=O)N[C@@H](C)C(=O)N[C@H](C(C)C)C(=O)O1. The smallest absolute Gasteiger partial charge is 0.329 e. The number of hydrogen-bond donors (Lipinski definition) is 5. The molecule has 0 aromatic carbocycles. The maximum atomic E-state index is 13.3. The Morgan fingerprint density at radius 1 is 0.762 bits per heavy atom. The van der Waals surface area contributed by atoms with Crippen molar-refractivity contribution in [1.29, 1.82) is 0 Å². The lowest BCUT2D eigenvalue weighted by Crippen LogP contribution is -2.58. The van der Waals surface area contributed by atoms with E-state index in [0.717, 1.165) is 12.8 Å². The standard InChI is InChI=1S/C30H53N5O7/c1-10-11-12-19(8)22-14-23(36)31-15-24(37)34-25(17(4)5)29(40)33-21(13-16(2)3)28(39)32-20(9)27(38)35-26(18(6)7)30(41)42-22/h16-22,25-26H,10-15H2,1-9H3,(H,31,36)(H,32,39)(H,33,40)(H,34,37)(H,35,38)/t19?,20-,21+,22?,25-,26+/m0/s1. The zero-order chi connectivity index (χ0) is 32.1. The van der Waals surface area contributed by atoms with Crippen LogP contribution in [0, 0.1) is 23.7 Å². The largest absolute Gasteiger partial charge is 0.460 e. The van der Waals surface area contributed by atoms with Gasteiger partial charge in [0.15, 0.2) is 0 Å². The van der Waals surface area contributed by atoms with E-state index in [2.05, 4.69) is 26.6 Å². The second kappa shape index (κ2) is 17.7. The Morgan fingerprint density at radius 2 is 1.38 bits per heavy atom. The first-order valence-electron chi connectivity index (χ1n) is 15.2. The van der Waals surface area contributed by atoms with Crippen LogP contribution < -0.4 is 26.6 Å². The van der Waals surface area contributed by atoms with Crippen LogP contribution in [0.15, 0.2) is 0 Å². The average molecular weight is 596 g/mol. The molecule has 1 rings (SSSR count). The average Bonchev–Trinajstić information content (AvgIpc) is 2.89. The lowest BCUT2D eigenvalue weighted by Gasteiger charge is -2.29. The molecule has 5 amide bonds. The minimum absolute atomic E-state index is 0.0295. The molecule has 5 N–H and O–H groups in total. The zero-order valence-corrected chi connectivity index (χ0v) is 26.8. The second-order valence-electron chi connectivity index (χ2n) is 12.5. The van der Waals surface area contributed by atoms with Crippen LogP contribution in [0.1, 0.15) is 94.4 Å². The normalized spacial score (nSPS) is 26.7. The number of carbonyl (C=O) groups is 6. The summed E-state index contributed by atoms with van der Waals surface area (Å²) in [5, 5.41) is 13.3. The van der Waals surface area contributed by atoms with Gasteiger partial charge < -0.3 is 31.3 Å². The Hall–Kier alpha value is -3.18. The summed E-state index contributed by atoms with van der Waals surface area (Å²) in [5.74, 6) is -4.23. The summed E-state index contributed by atoms with van der Waals surface area (Å²) in [6, 6.07) is -3.98. The van der Waals surface area contributed by atoms with Crippen LogP contribution in [0.2, 0.25) is 0 Å². The van der Waals surface area contributed by atoms with Gasteiger partial charge in [0.1, 0.15) is 30.3 Å². The van der Waals surface area contributed by atoms with E-state index in [-0.39, 0.29) is 36.6 Å². The molecule has 2 unspecified atom stereocenters. The molecule has 0 radical (unpaired) electrons. The van der Waals surface area contributed by atoms with Gasteiger partial charge in [-0.1, -0.05) is 68.2 Å². The van der Waals surface area contributed by atoms with Crippen LogP contribution in [0.4, 0.5) is 0 Å². The molecule has 0 spiro atoms. The topological polar surface area (TPSA) is 172 Å². The number of amides is 5. The summed E-state index contributed by atoms with van der Waals surface area (Å²) in [4.78, 5) is 78.4. The molecule has 12 heteroatoms. The van der Waals surface area contributed by atoms with Gasteiger partial charge in [0.05, 0.1) is 13.0 Å². The fraction of sp³-hybridized carbons (Fsp3) is 0.800. The predicted octanol–water partition coefficient (Wildman–Crippen LogP) is 1.56. The Balaban J connectivity index is 3.41. The van der Waals surface area contributed by atoms with Crippen molar-refractivity contribution >= 4 is 35.5 Å². The van der Waals surface area contributed by atoms with Gasteiger partial charge >= 0.3 is 5.97 Å². The maximum Gasteiger partial charge on any atom is 0.329 e. The van der Waals surface area contributed by atoms with Crippen molar-refractivity contribution in [3.63, 3.8) is 0 Å². The van der Waals surface area contributed by atoms with E-state index in [0.29, 0.717) is 12.8 Å². The molecule has 1 heterocycles. The van der Waals surface area contributed by atoms with Gasteiger partial charge in [-0.2, -0.15) is 0 Å². The predicted molar refractivity (Wildman–Crippen MR) is 159 cm³/mol. The minimum Gasteiger partial charge on any atom is -0.460 e. The highest BCUT2D eigenvalue weighted by Gasteiger charge is 2.34. The Bertz CT molecular complexity index is 952. The van der Waals surface area contributed by atoms with Crippen molar-refractivity contribution in [3.05, 3.63) is 0 Å². The molecule has 0 aromatic heterocycles. The van der Waals surface area contributed by atoms with Crippen LogP contribution >= 0.6 is 0 Å². The molecular weight excluding hydrogens is 542 g/mol.